The van der Waals surface area contributed by atoms with Crippen LogP contribution in [0.25, 0.3) is 0 Å². The van der Waals surface area contributed by atoms with Gasteiger partial charge in [-0.15, -0.1) is 11.3 Å². The molecule has 1 aromatic heterocycles. The highest BCUT2D eigenvalue weighted by molar-refractivity contribution is 9.11. The normalized spacial score (nSPS) is 10.4. The average molecular weight is 328 g/mol. The zero-order chi connectivity index (χ0) is 13.1. The van der Waals surface area contributed by atoms with Gasteiger partial charge >= 0.3 is 0 Å². The van der Waals surface area contributed by atoms with Crippen LogP contribution in [0.2, 0.25) is 0 Å². The fourth-order valence-electron chi connectivity index (χ4n) is 1.58. The van der Waals surface area contributed by atoms with Gasteiger partial charge in [0.2, 0.25) is 0 Å². The lowest BCUT2D eigenvalue weighted by Gasteiger charge is -2.05. The van der Waals surface area contributed by atoms with Gasteiger partial charge in [0.1, 0.15) is 5.82 Å². The molecule has 1 heterocycles. The minimum absolute atomic E-state index is 0.262. The third-order valence-corrected chi connectivity index (χ3v) is 3.98. The van der Waals surface area contributed by atoms with E-state index in [2.05, 4.69) is 21.2 Å². The molecule has 0 saturated carbocycles. The summed E-state index contributed by atoms with van der Waals surface area (Å²) in [5.74, 6) is -0.652. The average Bonchev–Trinajstić information content (AvgIpc) is 2.70. The number of aryl methyl sites for hydroxylation is 1. The van der Waals surface area contributed by atoms with E-state index >= 15 is 0 Å². The topological polar surface area (TPSA) is 29.1 Å². The highest BCUT2D eigenvalue weighted by Crippen LogP contribution is 2.21. The van der Waals surface area contributed by atoms with Crippen molar-refractivity contribution in [3.8, 4) is 0 Å². The van der Waals surface area contributed by atoms with Crippen molar-refractivity contribution in [2.45, 2.75) is 13.5 Å². The van der Waals surface area contributed by atoms with Crippen LogP contribution in [0.5, 0.6) is 0 Å². The summed E-state index contributed by atoms with van der Waals surface area (Å²) in [6.45, 7) is 2.21. The molecular formula is C13H11BrFNOS. The molecule has 5 heteroatoms. The molecule has 0 spiro atoms. The Morgan fingerprint density at radius 2 is 2.17 bits per heavy atom. The van der Waals surface area contributed by atoms with Crippen LogP contribution in [0, 0.1) is 12.7 Å². The number of carbonyl (C=O) groups is 1. The molecule has 0 fully saturated rings. The Bertz CT molecular complexity index is 562. The molecule has 0 bridgehead atoms. The van der Waals surface area contributed by atoms with Gasteiger partial charge in [-0.1, -0.05) is 0 Å². The molecule has 0 aliphatic carbocycles. The van der Waals surface area contributed by atoms with E-state index in [1.54, 1.807) is 24.3 Å². The van der Waals surface area contributed by atoms with Gasteiger partial charge in [0, 0.05) is 10.4 Å². The van der Waals surface area contributed by atoms with Crippen molar-refractivity contribution in [2.75, 3.05) is 0 Å². The highest BCUT2D eigenvalue weighted by Gasteiger charge is 2.08. The molecular weight excluding hydrogens is 317 g/mol. The van der Waals surface area contributed by atoms with Crippen molar-refractivity contribution in [2.24, 2.45) is 0 Å². The van der Waals surface area contributed by atoms with Crippen molar-refractivity contribution >= 4 is 33.2 Å². The van der Waals surface area contributed by atoms with Crippen LogP contribution in [-0.2, 0) is 6.54 Å². The summed E-state index contributed by atoms with van der Waals surface area (Å²) in [5, 5.41) is 2.77. The molecule has 94 valence electrons. The molecule has 0 saturated heterocycles. The fraction of sp³-hybridized carbons (Fsp3) is 0.154. The number of hydrogen-bond acceptors (Lipinski definition) is 2. The van der Waals surface area contributed by atoms with Crippen LogP contribution in [0.3, 0.4) is 0 Å². The first-order valence-electron chi connectivity index (χ1n) is 5.34. The summed E-state index contributed by atoms with van der Waals surface area (Å²) in [6.07, 6.45) is 0. The standard InChI is InChI=1S/C13H11BrFNOS/c1-8-4-9(6-10(15)5-8)13(17)16-7-11-2-3-12(14)18-11/h2-6H,7H2,1H3,(H,16,17). The summed E-state index contributed by atoms with van der Waals surface area (Å²) in [6, 6.07) is 8.17. The SMILES string of the molecule is Cc1cc(F)cc(C(=O)NCc2ccc(Br)s2)c1. The Balaban J connectivity index is 2.03. The Kier molecular flexibility index (Phi) is 4.14. The van der Waals surface area contributed by atoms with Gasteiger partial charge in [-0.25, -0.2) is 4.39 Å². The van der Waals surface area contributed by atoms with E-state index in [0.717, 1.165) is 14.2 Å². The Hall–Kier alpha value is -1.20. The van der Waals surface area contributed by atoms with Crippen molar-refractivity contribution < 1.29 is 9.18 Å². The molecule has 0 aliphatic rings. The number of nitrogens with one attached hydrogen (secondary N) is 1. The molecule has 18 heavy (non-hydrogen) atoms. The predicted octanol–water partition coefficient (Wildman–Crippen LogP) is 3.89. The maximum Gasteiger partial charge on any atom is 0.251 e. The summed E-state index contributed by atoms with van der Waals surface area (Å²) in [5.41, 5.74) is 1.09. The lowest BCUT2D eigenvalue weighted by Crippen LogP contribution is -2.22. The van der Waals surface area contributed by atoms with E-state index in [1.165, 1.54) is 12.1 Å². The van der Waals surface area contributed by atoms with Gasteiger partial charge in [0.25, 0.3) is 5.91 Å². The number of thiophene rings is 1. The molecule has 1 N–H and O–H groups in total. The largest absolute Gasteiger partial charge is 0.347 e. The maximum absolute atomic E-state index is 13.2. The quantitative estimate of drug-likeness (QED) is 0.910. The van der Waals surface area contributed by atoms with Crippen molar-refractivity contribution in [3.63, 3.8) is 0 Å². The number of carbonyl (C=O) groups excluding carboxylic acids is 1. The number of amides is 1. The Morgan fingerprint density at radius 1 is 1.39 bits per heavy atom. The van der Waals surface area contributed by atoms with Crippen molar-refractivity contribution in [3.05, 3.63) is 55.9 Å². The third kappa shape index (κ3) is 3.40. The molecule has 1 amide bonds. The van der Waals surface area contributed by atoms with Gasteiger partial charge < -0.3 is 5.32 Å². The first-order valence-corrected chi connectivity index (χ1v) is 6.95. The van der Waals surface area contributed by atoms with Crippen LogP contribution in [0.4, 0.5) is 4.39 Å². The highest BCUT2D eigenvalue weighted by atomic mass is 79.9. The van der Waals surface area contributed by atoms with Gasteiger partial charge in [-0.2, -0.15) is 0 Å². The molecule has 0 radical (unpaired) electrons. The van der Waals surface area contributed by atoms with Crippen LogP contribution in [-0.4, -0.2) is 5.91 Å². The lowest BCUT2D eigenvalue weighted by atomic mass is 10.1. The van der Waals surface area contributed by atoms with Gasteiger partial charge in [-0.3, -0.25) is 4.79 Å². The van der Waals surface area contributed by atoms with E-state index < -0.39 is 0 Å². The van der Waals surface area contributed by atoms with Crippen LogP contribution >= 0.6 is 27.3 Å². The van der Waals surface area contributed by atoms with Gasteiger partial charge in [0.15, 0.2) is 0 Å². The molecule has 2 aromatic rings. The molecule has 1 aromatic carbocycles. The van der Waals surface area contributed by atoms with E-state index in [1.807, 2.05) is 12.1 Å². The molecule has 0 unspecified atom stereocenters. The minimum atomic E-state index is -0.390. The third-order valence-electron chi connectivity index (χ3n) is 2.36. The smallest absolute Gasteiger partial charge is 0.251 e. The predicted molar refractivity (Wildman–Crippen MR) is 74.3 cm³/mol. The summed E-state index contributed by atoms with van der Waals surface area (Å²) in [7, 11) is 0. The second kappa shape index (κ2) is 5.63. The summed E-state index contributed by atoms with van der Waals surface area (Å²) in [4.78, 5) is 12.9. The van der Waals surface area contributed by atoms with Gasteiger partial charge in [0.05, 0.1) is 10.3 Å². The zero-order valence-electron chi connectivity index (χ0n) is 9.67. The number of hydrogen-bond donors (Lipinski definition) is 1. The van der Waals surface area contributed by atoms with E-state index in [4.69, 9.17) is 0 Å². The van der Waals surface area contributed by atoms with Crippen LogP contribution in [0.15, 0.2) is 34.1 Å². The van der Waals surface area contributed by atoms with Crippen LogP contribution in [0.1, 0.15) is 20.8 Å². The molecule has 2 rings (SSSR count). The van der Waals surface area contributed by atoms with E-state index in [-0.39, 0.29) is 11.7 Å². The molecule has 0 aliphatic heterocycles. The van der Waals surface area contributed by atoms with Crippen LogP contribution < -0.4 is 5.32 Å². The number of halogens is 2. The maximum atomic E-state index is 13.2. The number of rotatable bonds is 3. The van der Waals surface area contributed by atoms with E-state index in [0.29, 0.717) is 12.1 Å². The summed E-state index contributed by atoms with van der Waals surface area (Å²) >= 11 is 4.92. The van der Waals surface area contributed by atoms with Crippen molar-refractivity contribution in [1.82, 2.24) is 5.32 Å². The van der Waals surface area contributed by atoms with Crippen molar-refractivity contribution in [1.29, 1.82) is 0 Å². The number of benzene rings is 1. The first-order chi connectivity index (χ1) is 8.54. The molecule has 0 atom stereocenters. The first kappa shape index (κ1) is 13.2. The minimum Gasteiger partial charge on any atom is -0.347 e. The fourth-order valence-corrected chi connectivity index (χ4v) is 3.01. The van der Waals surface area contributed by atoms with E-state index in [9.17, 15) is 9.18 Å². The Morgan fingerprint density at radius 3 is 2.78 bits per heavy atom. The second-order valence-corrected chi connectivity index (χ2v) is 6.45. The Labute approximate surface area is 117 Å². The van der Waals surface area contributed by atoms with Gasteiger partial charge in [-0.05, 0) is 58.7 Å². The molecule has 2 nitrogen and oxygen atoms in total. The lowest BCUT2D eigenvalue weighted by molar-refractivity contribution is 0.0950. The summed E-state index contributed by atoms with van der Waals surface area (Å²) < 4.78 is 14.2. The zero-order valence-corrected chi connectivity index (χ0v) is 12.1. The second-order valence-electron chi connectivity index (χ2n) is 3.91. The monoisotopic (exact) mass is 327 g/mol.